The molecule has 3 aromatic carbocycles. The van der Waals surface area contributed by atoms with Crippen LogP contribution < -0.4 is 10.1 Å². The summed E-state index contributed by atoms with van der Waals surface area (Å²) in [5, 5.41) is 3.14. The van der Waals surface area contributed by atoms with Crippen LogP contribution in [-0.2, 0) is 9.53 Å². The maximum atomic E-state index is 12.8. The zero-order valence-electron chi connectivity index (χ0n) is 16.8. The lowest BCUT2D eigenvalue weighted by molar-refractivity contribution is -0.119. The summed E-state index contributed by atoms with van der Waals surface area (Å²) in [6, 6.07) is 19.5. The van der Waals surface area contributed by atoms with Gasteiger partial charge in [-0.25, -0.2) is 4.79 Å². The molecule has 1 amide bonds. The SMILES string of the molecule is CCOc1ccc(NC(=O)COC(=O)c2ccccc2C(=O)c2ccc(Cl)cc2)cc1. The standard InChI is InChI=1S/C24H20ClNO5/c1-2-30-19-13-11-18(12-14-19)26-22(27)15-31-24(29)21-6-4-3-5-20(21)23(28)16-7-9-17(25)10-8-16/h3-14H,2,15H2,1H3,(H,26,27). The van der Waals surface area contributed by atoms with Crippen LogP contribution in [0.25, 0.3) is 0 Å². The Morgan fingerprint density at radius 1 is 0.871 bits per heavy atom. The van der Waals surface area contributed by atoms with E-state index in [0.717, 1.165) is 0 Å². The number of rotatable bonds is 8. The van der Waals surface area contributed by atoms with Gasteiger partial charge in [0.1, 0.15) is 5.75 Å². The van der Waals surface area contributed by atoms with Crippen molar-refractivity contribution in [3.05, 3.63) is 94.5 Å². The Morgan fingerprint density at radius 3 is 2.16 bits per heavy atom. The molecule has 7 heteroatoms. The summed E-state index contributed by atoms with van der Waals surface area (Å²) in [5.74, 6) is -0.921. The minimum atomic E-state index is -0.764. The molecule has 0 aliphatic heterocycles. The molecule has 0 atom stereocenters. The number of hydrogen-bond acceptors (Lipinski definition) is 5. The molecule has 0 saturated heterocycles. The third-order valence-corrected chi connectivity index (χ3v) is 4.53. The van der Waals surface area contributed by atoms with Crippen LogP contribution in [0.4, 0.5) is 5.69 Å². The molecule has 31 heavy (non-hydrogen) atoms. The second-order valence-corrected chi connectivity index (χ2v) is 6.90. The van der Waals surface area contributed by atoms with E-state index in [0.29, 0.717) is 28.6 Å². The largest absolute Gasteiger partial charge is 0.494 e. The van der Waals surface area contributed by atoms with Crippen LogP contribution in [0.5, 0.6) is 5.75 Å². The van der Waals surface area contributed by atoms with Gasteiger partial charge in [-0.1, -0.05) is 29.8 Å². The molecular weight excluding hydrogens is 418 g/mol. The summed E-state index contributed by atoms with van der Waals surface area (Å²) in [6.45, 7) is 1.93. The summed E-state index contributed by atoms with van der Waals surface area (Å²) < 4.78 is 10.5. The molecule has 0 heterocycles. The fraction of sp³-hybridized carbons (Fsp3) is 0.125. The van der Waals surface area contributed by atoms with Gasteiger partial charge in [0.05, 0.1) is 12.2 Å². The van der Waals surface area contributed by atoms with Gasteiger partial charge in [0, 0.05) is 21.8 Å². The van der Waals surface area contributed by atoms with Gasteiger partial charge in [0.15, 0.2) is 12.4 Å². The predicted molar refractivity (Wildman–Crippen MR) is 118 cm³/mol. The molecule has 0 saturated carbocycles. The number of ether oxygens (including phenoxy) is 2. The molecule has 0 unspecified atom stereocenters. The maximum Gasteiger partial charge on any atom is 0.339 e. The normalized spacial score (nSPS) is 10.3. The molecule has 0 fully saturated rings. The van der Waals surface area contributed by atoms with E-state index >= 15 is 0 Å². The highest BCUT2D eigenvalue weighted by atomic mass is 35.5. The monoisotopic (exact) mass is 437 g/mol. The van der Waals surface area contributed by atoms with E-state index in [-0.39, 0.29) is 16.9 Å². The van der Waals surface area contributed by atoms with Gasteiger partial charge in [0.2, 0.25) is 0 Å². The third kappa shape index (κ3) is 5.93. The third-order valence-electron chi connectivity index (χ3n) is 4.28. The zero-order valence-corrected chi connectivity index (χ0v) is 17.5. The Labute approximate surface area is 184 Å². The first kappa shape index (κ1) is 22.1. The van der Waals surface area contributed by atoms with Crippen LogP contribution >= 0.6 is 11.6 Å². The molecule has 0 spiro atoms. The highest BCUT2D eigenvalue weighted by Gasteiger charge is 2.20. The van der Waals surface area contributed by atoms with Crippen molar-refractivity contribution in [1.82, 2.24) is 0 Å². The Balaban J connectivity index is 1.63. The highest BCUT2D eigenvalue weighted by Crippen LogP contribution is 2.18. The maximum absolute atomic E-state index is 12.8. The van der Waals surface area contributed by atoms with E-state index in [1.165, 1.54) is 12.1 Å². The first-order chi connectivity index (χ1) is 15.0. The lowest BCUT2D eigenvalue weighted by Crippen LogP contribution is -2.22. The van der Waals surface area contributed by atoms with Crippen molar-refractivity contribution in [2.75, 3.05) is 18.5 Å². The first-order valence-electron chi connectivity index (χ1n) is 9.57. The van der Waals surface area contributed by atoms with Crippen LogP contribution in [0.15, 0.2) is 72.8 Å². The molecule has 1 N–H and O–H groups in total. The molecule has 0 aliphatic rings. The lowest BCUT2D eigenvalue weighted by Gasteiger charge is -2.10. The second kappa shape index (κ2) is 10.4. The van der Waals surface area contributed by atoms with Crippen LogP contribution in [0.1, 0.15) is 33.2 Å². The number of amides is 1. The molecular formula is C24H20ClNO5. The number of ketones is 1. The van der Waals surface area contributed by atoms with Crippen LogP contribution in [0, 0.1) is 0 Å². The lowest BCUT2D eigenvalue weighted by atomic mass is 9.98. The number of hydrogen-bond donors (Lipinski definition) is 1. The van der Waals surface area contributed by atoms with Crippen molar-refractivity contribution in [2.45, 2.75) is 6.92 Å². The van der Waals surface area contributed by atoms with Crippen LogP contribution in [0.3, 0.4) is 0 Å². The molecule has 0 bridgehead atoms. The molecule has 158 valence electrons. The first-order valence-corrected chi connectivity index (χ1v) is 9.95. The van der Waals surface area contributed by atoms with Gasteiger partial charge >= 0.3 is 5.97 Å². The van der Waals surface area contributed by atoms with Gasteiger partial charge < -0.3 is 14.8 Å². The molecule has 3 aromatic rings. The Morgan fingerprint density at radius 2 is 1.52 bits per heavy atom. The number of benzene rings is 3. The minimum Gasteiger partial charge on any atom is -0.494 e. The summed E-state index contributed by atoms with van der Waals surface area (Å²) in [6.07, 6.45) is 0. The zero-order chi connectivity index (χ0) is 22.2. The van der Waals surface area contributed by atoms with Crippen molar-refractivity contribution in [3.63, 3.8) is 0 Å². The summed E-state index contributed by atoms with van der Waals surface area (Å²) in [4.78, 5) is 37.5. The van der Waals surface area contributed by atoms with Crippen LogP contribution in [0.2, 0.25) is 5.02 Å². The van der Waals surface area contributed by atoms with Crippen molar-refractivity contribution in [2.24, 2.45) is 0 Å². The van der Waals surface area contributed by atoms with Crippen molar-refractivity contribution >= 4 is 34.9 Å². The fourth-order valence-electron chi connectivity index (χ4n) is 2.82. The Hall–Kier alpha value is -3.64. The van der Waals surface area contributed by atoms with E-state index < -0.39 is 18.5 Å². The van der Waals surface area contributed by atoms with Crippen molar-refractivity contribution < 1.29 is 23.9 Å². The molecule has 3 rings (SSSR count). The smallest absolute Gasteiger partial charge is 0.339 e. The van der Waals surface area contributed by atoms with Gasteiger partial charge in [-0.15, -0.1) is 0 Å². The van der Waals surface area contributed by atoms with Crippen molar-refractivity contribution in [1.29, 1.82) is 0 Å². The second-order valence-electron chi connectivity index (χ2n) is 6.46. The average molecular weight is 438 g/mol. The molecule has 0 aliphatic carbocycles. The quantitative estimate of drug-likeness (QED) is 0.405. The van der Waals surface area contributed by atoms with E-state index in [2.05, 4.69) is 5.32 Å². The molecule has 0 aromatic heterocycles. The number of halogens is 1. The predicted octanol–water partition coefficient (Wildman–Crippen LogP) is 4.77. The Bertz CT molecular complexity index is 1080. The Kier molecular flexibility index (Phi) is 7.40. The summed E-state index contributed by atoms with van der Waals surface area (Å²) in [5.41, 5.74) is 1.19. The number of nitrogens with one attached hydrogen (secondary N) is 1. The highest BCUT2D eigenvalue weighted by molar-refractivity contribution is 6.30. The fourth-order valence-corrected chi connectivity index (χ4v) is 2.95. The van der Waals surface area contributed by atoms with E-state index in [1.54, 1.807) is 60.7 Å². The van der Waals surface area contributed by atoms with E-state index in [9.17, 15) is 14.4 Å². The molecule has 6 nitrogen and oxygen atoms in total. The number of esters is 1. The van der Waals surface area contributed by atoms with Gasteiger partial charge in [0.25, 0.3) is 5.91 Å². The summed E-state index contributed by atoms with van der Waals surface area (Å²) in [7, 11) is 0. The van der Waals surface area contributed by atoms with E-state index in [1.807, 2.05) is 6.92 Å². The van der Waals surface area contributed by atoms with Crippen molar-refractivity contribution in [3.8, 4) is 5.75 Å². The number of carbonyl (C=O) groups is 3. The van der Waals surface area contributed by atoms with Gasteiger partial charge in [-0.2, -0.15) is 0 Å². The molecule has 0 radical (unpaired) electrons. The van der Waals surface area contributed by atoms with Crippen LogP contribution in [-0.4, -0.2) is 30.9 Å². The van der Waals surface area contributed by atoms with Gasteiger partial charge in [-0.05, 0) is 61.5 Å². The van der Waals surface area contributed by atoms with E-state index in [4.69, 9.17) is 21.1 Å². The summed E-state index contributed by atoms with van der Waals surface area (Å²) >= 11 is 5.87. The minimum absolute atomic E-state index is 0.0799. The van der Waals surface area contributed by atoms with Gasteiger partial charge in [-0.3, -0.25) is 9.59 Å². The topological polar surface area (TPSA) is 81.7 Å². The number of carbonyl (C=O) groups excluding carboxylic acids is 3. The average Bonchev–Trinajstić information content (AvgIpc) is 2.79. The number of anilines is 1.